The highest BCUT2D eigenvalue weighted by molar-refractivity contribution is 5.80. The van der Waals surface area contributed by atoms with E-state index < -0.39 is 5.54 Å². The minimum absolute atomic E-state index is 0.219. The third-order valence-corrected chi connectivity index (χ3v) is 4.23. The number of carbonyl (C=O) groups excluding carboxylic acids is 1. The van der Waals surface area contributed by atoms with Crippen molar-refractivity contribution in [3.05, 3.63) is 0 Å². The number of hydrogen-bond donors (Lipinski definition) is 1. The predicted molar refractivity (Wildman–Crippen MR) is 74.0 cm³/mol. The van der Waals surface area contributed by atoms with Gasteiger partial charge in [0.1, 0.15) is 5.54 Å². The van der Waals surface area contributed by atoms with Crippen LogP contribution in [-0.2, 0) is 14.3 Å². The lowest BCUT2D eigenvalue weighted by molar-refractivity contribution is -0.152. The Labute approximate surface area is 116 Å². The Hall–Kier alpha value is -0.610. The second-order valence-electron chi connectivity index (χ2n) is 6.45. The largest absolute Gasteiger partial charge is 0.468 e. The molecule has 2 rings (SSSR count). The lowest BCUT2D eigenvalue weighted by atomic mass is 9.88. The minimum atomic E-state index is -0.698. The Bertz CT molecular complexity index is 317. The van der Waals surface area contributed by atoms with Crippen molar-refractivity contribution in [2.75, 3.05) is 13.7 Å². The predicted octanol–water partition coefficient (Wildman–Crippen LogP) is 2.27. The highest BCUT2D eigenvalue weighted by Crippen LogP contribution is 2.28. The Kier molecular flexibility index (Phi) is 4.85. The van der Waals surface area contributed by atoms with Crippen LogP contribution in [0.3, 0.4) is 0 Å². The molecule has 2 aliphatic carbocycles. The molecule has 0 aliphatic heterocycles. The van der Waals surface area contributed by atoms with Crippen molar-refractivity contribution in [2.45, 2.75) is 70.1 Å². The molecule has 2 fully saturated rings. The first kappa shape index (κ1) is 14.8. The molecule has 2 saturated carbocycles. The third kappa shape index (κ3) is 4.18. The van der Waals surface area contributed by atoms with Crippen LogP contribution in [-0.4, -0.2) is 37.4 Å². The zero-order valence-electron chi connectivity index (χ0n) is 12.4. The van der Waals surface area contributed by atoms with Crippen molar-refractivity contribution in [2.24, 2.45) is 5.92 Å². The summed E-state index contributed by atoms with van der Waals surface area (Å²) in [5.41, 5.74) is -0.698. The summed E-state index contributed by atoms with van der Waals surface area (Å²) in [5, 5.41) is 3.37. The maximum absolute atomic E-state index is 12.0. The molecule has 4 nitrogen and oxygen atoms in total. The monoisotopic (exact) mass is 269 g/mol. The molecule has 3 unspecified atom stereocenters. The van der Waals surface area contributed by atoms with Gasteiger partial charge < -0.3 is 9.47 Å². The number of esters is 1. The molecule has 1 N–H and O–H groups in total. The van der Waals surface area contributed by atoms with Gasteiger partial charge in [-0.3, -0.25) is 5.32 Å². The Morgan fingerprint density at radius 2 is 2.05 bits per heavy atom. The van der Waals surface area contributed by atoms with E-state index in [4.69, 9.17) is 9.47 Å². The standard InChI is InChI=1S/C15H27NO3/c1-11-5-4-6-13(9-11)19-10-15(2,14(17)18-3)16-12-7-8-12/h11-13,16H,4-10H2,1-3H3. The van der Waals surface area contributed by atoms with Crippen LogP contribution >= 0.6 is 0 Å². The molecule has 0 spiro atoms. The second kappa shape index (κ2) is 6.23. The Morgan fingerprint density at radius 1 is 1.32 bits per heavy atom. The maximum Gasteiger partial charge on any atom is 0.328 e. The summed E-state index contributed by atoms with van der Waals surface area (Å²) in [5.74, 6) is 0.516. The highest BCUT2D eigenvalue weighted by Gasteiger charge is 2.40. The molecule has 0 heterocycles. The molecular formula is C15H27NO3. The molecule has 0 aromatic carbocycles. The summed E-state index contributed by atoms with van der Waals surface area (Å²) in [7, 11) is 1.44. The van der Waals surface area contributed by atoms with Crippen molar-refractivity contribution in [1.82, 2.24) is 5.32 Å². The van der Waals surface area contributed by atoms with Crippen molar-refractivity contribution in [3.8, 4) is 0 Å². The first-order chi connectivity index (χ1) is 9.03. The lowest BCUT2D eigenvalue weighted by Gasteiger charge is -2.32. The zero-order valence-corrected chi connectivity index (χ0v) is 12.4. The van der Waals surface area contributed by atoms with Gasteiger partial charge in [-0.2, -0.15) is 0 Å². The second-order valence-corrected chi connectivity index (χ2v) is 6.45. The summed E-state index contributed by atoms with van der Waals surface area (Å²) >= 11 is 0. The van der Waals surface area contributed by atoms with Crippen LogP contribution in [0.1, 0.15) is 52.4 Å². The first-order valence-corrected chi connectivity index (χ1v) is 7.51. The van der Waals surface area contributed by atoms with Crippen molar-refractivity contribution in [1.29, 1.82) is 0 Å². The smallest absolute Gasteiger partial charge is 0.328 e. The molecule has 0 aromatic rings. The van der Waals surface area contributed by atoms with E-state index in [-0.39, 0.29) is 5.97 Å². The van der Waals surface area contributed by atoms with Gasteiger partial charge in [0.15, 0.2) is 0 Å². The van der Waals surface area contributed by atoms with Gasteiger partial charge in [-0.25, -0.2) is 4.79 Å². The summed E-state index contributed by atoms with van der Waals surface area (Å²) in [4.78, 5) is 12.0. The Balaban J connectivity index is 1.86. The number of rotatable bonds is 6. The van der Waals surface area contributed by atoms with E-state index in [0.29, 0.717) is 18.8 Å². The van der Waals surface area contributed by atoms with Crippen LogP contribution in [0.2, 0.25) is 0 Å². The number of carbonyl (C=O) groups is 1. The molecule has 3 atom stereocenters. The molecule has 19 heavy (non-hydrogen) atoms. The lowest BCUT2D eigenvalue weighted by Crippen LogP contribution is -2.55. The van der Waals surface area contributed by atoms with Crippen LogP contribution in [0.5, 0.6) is 0 Å². The van der Waals surface area contributed by atoms with Gasteiger partial charge in [-0.15, -0.1) is 0 Å². The summed E-state index contributed by atoms with van der Waals surface area (Å²) in [6, 6.07) is 0.456. The summed E-state index contributed by atoms with van der Waals surface area (Å²) in [6.45, 7) is 4.58. The van der Waals surface area contributed by atoms with Crippen LogP contribution in [0.25, 0.3) is 0 Å². The van der Waals surface area contributed by atoms with Gasteiger partial charge in [0.05, 0.1) is 19.8 Å². The molecule has 0 radical (unpaired) electrons. The molecule has 0 amide bonds. The van der Waals surface area contributed by atoms with Gasteiger partial charge in [0.2, 0.25) is 0 Å². The van der Waals surface area contributed by atoms with Gasteiger partial charge >= 0.3 is 5.97 Å². The molecule has 0 aromatic heterocycles. The van der Waals surface area contributed by atoms with E-state index >= 15 is 0 Å². The van der Waals surface area contributed by atoms with Crippen molar-refractivity contribution < 1.29 is 14.3 Å². The quantitative estimate of drug-likeness (QED) is 0.751. The van der Waals surface area contributed by atoms with Gasteiger partial charge in [-0.1, -0.05) is 19.8 Å². The number of hydrogen-bond acceptors (Lipinski definition) is 4. The van der Waals surface area contributed by atoms with Crippen molar-refractivity contribution in [3.63, 3.8) is 0 Å². The number of methoxy groups -OCH3 is 1. The molecule has 4 heteroatoms. The zero-order chi connectivity index (χ0) is 13.9. The van der Waals surface area contributed by atoms with Crippen LogP contribution < -0.4 is 5.32 Å². The van der Waals surface area contributed by atoms with E-state index in [9.17, 15) is 4.79 Å². The fourth-order valence-corrected chi connectivity index (χ4v) is 2.88. The van der Waals surface area contributed by atoms with Gasteiger partial charge in [0, 0.05) is 6.04 Å². The molecule has 110 valence electrons. The van der Waals surface area contributed by atoms with E-state index in [1.807, 2.05) is 6.92 Å². The van der Waals surface area contributed by atoms with E-state index in [0.717, 1.165) is 31.6 Å². The highest BCUT2D eigenvalue weighted by atomic mass is 16.5. The van der Waals surface area contributed by atoms with Gasteiger partial charge in [-0.05, 0) is 38.5 Å². The minimum Gasteiger partial charge on any atom is -0.468 e. The molecular weight excluding hydrogens is 242 g/mol. The average Bonchev–Trinajstić information content (AvgIpc) is 3.19. The average molecular weight is 269 g/mol. The molecule has 0 bridgehead atoms. The first-order valence-electron chi connectivity index (χ1n) is 7.51. The van der Waals surface area contributed by atoms with Crippen molar-refractivity contribution >= 4 is 5.97 Å². The Morgan fingerprint density at radius 3 is 2.63 bits per heavy atom. The van der Waals surface area contributed by atoms with E-state index in [1.165, 1.54) is 20.0 Å². The SMILES string of the molecule is COC(=O)C(C)(COC1CCCC(C)C1)NC1CC1. The summed E-state index contributed by atoms with van der Waals surface area (Å²) in [6.07, 6.45) is 7.35. The maximum atomic E-state index is 12.0. The van der Waals surface area contributed by atoms with Crippen LogP contribution in [0, 0.1) is 5.92 Å². The summed E-state index contributed by atoms with van der Waals surface area (Å²) < 4.78 is 10.9. The van der Waals surface area contributed by atoms with Gasteiger partial charge in [0.25, 0.3) is 0 Å². The van der Waals surface area contributed by atoms with Crippen LogP contribution in [0.4, 0.5) is 0 Å². The van der Waals surface area contributed by atoms with Crippen LogP contribution in [0.15, 0.2) is 0 Å². The molecule has 0 saturated heterocycles. The van der Waals surface area contributed by atoms with E-state index in [2.05, 4.69) is 12.2 Å². The normalized spacial score (nSPS) is 30.7. The van der Waals surface area contributed by atoms with E-state index in [1.54, 1.807) is 0 Å². The fourth-order valence-electron chi connectivity index (χ4n) is 2.88. The topological polar surface area (TPSA) is 47.6 Å². The third-order valence-electron chi connectivity index (χ3n) is 4.23. The fraction of sp³-hybridized carbons (Fsp3) is 0.933. The molecule has 2 aliphatic rings. The number of ether oxygens (including phenoxy) is 2. The number of nitrogens with one attached hydrogen (secondary N) is 1.